The molecule has 1 aliphatic heterocycles. The maximum atomic E-state index is 5.91. The highest BCUT2D eigenvalue weighted by Gasteiger charge is 2.15. The minimum Gasteiger partial charge on any atom is -0.487 e. The second-order valence-electron chi connectivity index (χ2n) is 4.82. The summed E-state index contributed by atoms with van der Waals surface area (Å²) in [6.07, 6.45) is 2.80. The molecule has 0 aromatic heterocycles. The Bertz CT molecular complexity index is 373. The van der Waals surface area contributed by atoms with E-state index in [1.54, 1.807) is 4.90 Å². The van der Waals surface area contributed by atoms with Crippen molar-refractivity contribution in [3.05, 3.63) is 42.5 Å². The lowest BCUT2D eigenvalue weighted by atomic mass is 10.1. The molecule has 1 aromatic rings. The standard InChI is InChI=1S/C15H22N2O/c1-2-5-14-6-3-4-7-15(14)18-13-12-17-10-8-16-9-11-17/h2-4,6-7,16H,1,5,8-13H2/p+2. The Labute approximate surface area is 109 Å². The van der Waals surface area contributed by atoms with E-state index in [9.17, 15) is 0 Å². The van der Waals surface area contributed by atoms with Gasteiger partial charge in [0.05, 0.1) is 0 Å². The van der Waals surface area contributed by atoms with Gasteiger partial charge in [-0.1, -0.05) is 24.3 Å². The molecule has 1 heterocycles. The molecule has 0 saturated carbocycles. The molecular formula is C15H24N2O+2. The third kappa shape index (κ3) is 3.86. The molecule has 0 bridgehead atoms. The van der Waals surface area contributed by atoms with Crippen LogP contribution < -0.4 is 15.0 Å². The number of hydrogen-bond donors (Lipinski definition) is 2. The summed E-state index contributed by atoms with van der Waals surface area (Å²) < 4.78 is 5.91. The van der Waals surface area contributed by atoms with Crippen molar-refractivity contribution >= 4 is 0 Å². The van der Waals surface area contributed by atoms with Crippen LogP contribution in [0.2, 0.25) is 0 Å². The van der Waals surface area contributed by atoms with Gasteiger partial charge in [-0.05, 0) is 18.1 Å². The first-order valence-electron chi connectivity index (χ1n) is 6.87. The van der Waals surface area contributed by atoms with Crippen LogP contribution in [0.4, 0.5) is 0 Å². The molecule has 0 amide bonds. The highest BCUT2D eigenvalue weighted by molar-refractivity contribution is 5.34. The molecule has 0 atom stereocenters. The predicted octanol–water partition coefficient (Wildman–Crippen LogP) is -0.744. The van der Waals surface area contributed by atoms with Gasteiger partial charge >= 0.3 is 0 Å². The monoisotopic (exact) mass is 248 g/mol. The minimum atomic E-state index is 0.809. The van der Waals surface area contributed by atoms with Gasteiger partial charge in [0.15, 0.2) is 0 Å². The molecule has 3 nitrogen and oxygen atoms in total. The fraction of sp³-hybridized carbons (Fsp3) is 0.467. The molecule has 0 spiro atoms. The number of nitrogens with one attached hydrogen (secondary N) is 1. The number of rotatable bonds is 6. The highest BCUT2D eigenvalue weighted by Crippen LogP contribution is 2.18. The smallest absolute Gasteiger partial charge is 0.137 e. The van der Waals surface area contributed by atoms with Crippen LogP contribution in [-0.4, -0.2) is 39.3 Å². The predicted molar refractivity (Wildman–Crippen MR) is 73.1 cm³/mol. The summed E-state index contributed by atoms with van der Waals surface area (Å²) >= 11 is 0. The Kier molecular flexibility index (Phi) is 5.24. The van der Waals surface area contributed by atoms with Crippen molar-refractivity contribution in [2.45, 2.75) is 6.42 Å². The second kappa shape index (κ2) is 7.19. The Balaban J connectivity index is 1.80. The number of benzene rings is 1. The van der Waals surface area contributed by atoms with E-state index >= 15 is 0 Å². The number of para-hydroxylation sites is 1. The summed E-state index contributed by atoms with van der Waals surface area (Å²) in [5.74, 6) is 1.01. The van der Waals surface area contributed by atoms with Crippen LogP contribution in [0.25, 0.3) is 0 Å². The Hall–Kier alpha value is -1.32. The SMILES string of the molecule is C=CCc1ccccc1OCC[NH+]1CC[NH2+]CC1. The van der Waals surface area contributed by atoms with E-state index in [-0.39, 0.29) is 0 Å². The minimum absolute atomic E-state index is 0.809. The summed E-state index contributed by atoms with van der Waals surface area (Å²) in [6.45, 7) is 10.7. The van der Waals surface area contributed by atoms with Crippen LogP contribution in [0.5, 0.6) is 5.75 Å². The maximum Gasteiger partial charge on any atom is 0.137 e. The number of ether oxygens (including phenoxy) is 1. The van der Waals surface area contributed by atoms with Gasteiger partial charge in [0.1, 0.15) is 45.1 Å². The summed E-state index contributed by atoms with van der Waals surface area (Å²) in [5, 5.41) is 2.39. The molecule has 1 fully saturated rings. The number of quaternary nitrogens is 2. The van der Waals surface area contributed by atoms with Crippen LogP contribution in [0, 0.1) is 0 Å². The zero-order valence-corrected chi connectivity index (χ0v) is 11.0. The van der Waals surface area contributed by atoms with Crippen LogP contribution in [0.15, 0.2) is 36.9 Å². The van der Waals surface area contributed by atoms with E-state index < -0.39 is 0 Å². The molecule has 0 radical (unpaired) electrons. The number of nitrogens with two attached hydrogens (primary N) is 1. The lowest BCUT2D eigenvalue weighted by Gasteiger charge is -2.22. The molecule has 0 unspecified atom stereocenters. The van der Waals surface area contributed by atoms with Gasteiger partial charge in [0.25, 0.3) is 0 Å². The van der Waals surface area contributed by atoms with Crippen molar-refractivity contribution in [2.75, 3.05) is 39.3 Å². The third-order valence-electron chi connectivity index (χ3n) is 3.45. The molecule has 1 saturated heterocycles. The van der Waals surface area contributed by atoms with Gasteiger partial charge < -0.3 is 15.0 Å². The van der Waals surface area contributed by atoms with Gasteiger partial charge in [0, 0.05) is 0 Å². The summed E-state index contributed by atoms with van der Waals surface area (Å²) in [6, 6.07) is 8.25. The summed E-state index contributed by atoms with van der Waals surface area (Å²) in [5.41, 5.74) is 1.23. The topological polar surface area (TPSA) is 30.3 Å². The van der Waals surface area contributed by atoms with E-state index in [2.05, 4.69) is 30.1 Å². The lowest BCUT2D eigenvalue weighted by Crippen LogP contribution is -3.20. The van der Waals surface area contributed by atoms with Crippen molar-refractivity contribution in [2.24, 2.45) is 0 Å². The highest BCUT2D eigenvalue weighted by atomic mass is 16.5. The molecule has 98 valence electrons. The second-order valence-corrected chi connectivity index (χ2v) is 4.82. The first kappa shape index (κ1) is 13.1. The quantitative estimate of drug-likeness (QED) is 0.638. The van der Waals surface area contributed by atoms with Gasteiger partial charge in [-0.25, -0.2) is 0 Å². The van der Waals surface area contributed by atoms with Crippen molar-refractivity contribution in [3.63, 3.8) is 0 Å². The first-order valence-corrected chi connectivity index (χ1v) is 6.87. The van der Waals surface area contributed by atoms with Gasteiger partial charge in [-0.3, -0.25) is 0 Å². The Morgan fingerprint density at radius 1 is 1.28 bits per heavy atom. The van der Waals surface area contributed by atoms with Gasteiger partial charge in [-0.2, -0.15) is 0 Å². The Morgan fingerprint density at radius 2 is 2.06 bits per heavy atom. The van der Waals surface area contributed by atoms with Crippen molar-refractivity contribution in [1.82, 2.24) is 0 Å². The molecule has 0 aliphatic carbocycles. The fourth-order valence-corrected chi connectivity index (χ4v) is 2.41. The van der Waals surface area contributed by atoms with Crippen LogP contribution in [0.3, 0.4) is 0 Å². The molecule has 3 heteroatoms. The first-order chi connectivity index (χ1) is 8.90. The number of hydrogen-bond acceptors (Lipinski definition) is 1. The van der Waals surface area contributed by atoms with Gasteiger partial charge in [0.2, 0.25) is 0 Å². The van der Waals surface area contributed by atoms with E-state index in [4.69, 9.17) is 4.74 Å². The van der Waals surface area contributed by atoms with Crippen molar-refractivity contribution in [3.8, 4) is 5.75 Å². The van der Waals surface area contributed by atoms with Crippen LogP contribution >= 0.6 is 0 Å². The van der Waals surface area contributed by atoms with Crippen molar-refractivity contribution in [1.29, 1.82) is 0 Å². The Morgan fingerprint density at radius 3 is 2.83 bits per heavy atom. The largest absolute Gasteiger partial charge is 0.487 e. The van der Waals surface area contributed by atoms with E-state index in [1.165, 1.54) is 31.7 Å². The lowest BCUT2D eigenvalue weighted by molar-refractivity contribution is -0.946. The van der Waals surface area contributed by atoms with Gasteiger partial charge in [-0.15, -0.1) is 6.58 Å². The average molecular weight is 248 g/mol. The number of piperazine rings is 1. The molecule has 3 N–H and O–H groups in total. The number of allylic oxidation sites excluding steroid dienone is 1. The normalized spacial score (nSPS) is 16.4. The summed E-state index contributed by atoms with van der Waals surface area (Å²) in [7, 11) is 0. The molecule has 18 heavy (non-hydrogen) atoms. The van der Waals surface area contributed by atoms with E-state index in [0.717, 1.165) is 25.3 Å². The van der Waals surface area contributed by atoms with Crippen LogP contribution in [0.1, 0.15) is 5.56 Å². The fourth-order valence-electron chi connectivity index (χ4n) is 2.41. The third-order valence-corrected chi connectivity index (χ3v) is 3.45. The molecule has 1 aromatic carbocycles. The summed E-state index contributed by atoms with van der Waals surface area (Å²) in [4.78, 5) is 1.67. The molecule has 1 aliphatic rings. The van der Waals surface area contributed by atoms with Crippen LogP contribution in [-0.2, 0) is 6.42 Å². The van der Waals surface area contributed by atoms with Crippen molar-refractivity contribution < 1.29 is 15.0 Å². The molecule has 2 rings (SSSR count). The molecular weight excluding hydrogens is 224 g/mol. The zero-order valence-electron chi connectivity index (χ0n) is 11.0. The van der Waals surface area contributed by atoms with E-state index in [0.29, 0.717) is 0 Å². The maximum absolute atomic E-state index is 5.91. The zero-order chi connectivity index (χ0) is 12.6. The van der Waals surface area contributed by atoms with E-state index in [1.807, 2.05) is 12.1 Å². The average Bonchev–Trinajstić information content (AvgIpc) is 2.42.